The van der Waals surface area contributed by atoms with Crippen molar-refractivity contribution in [3.05, 3.63) is 30.3 Å². The molecule has 2 rings (SSSR count). The zero-order valence-corrected chi connectivity index (χ0v) is 21.0. The molecule has 1 aliphatic rings. The topological polar surface area (TPSA) is 145 Å². The lowest BCUT2D eigenvalue weighted by Crippen LogP contribution is -2.58. The lowest BCUT2D eigenvalue weighted by atomic mass is 9.97. The molecule has 0 saturated carbocycles. The number of carboxylic acids is 1. The van der Waals surface area contributed by atoms with Crippen molar-refractivity contribution < 1.29 is 27.9 Å². The van der Waals surface area contributed by atoms with E-state index in [4.69, 9.17) is 0 Å². The molecule has 2 unspecified atom stereocenters. The third-order valence-corrected chi connectivity index (χ3v) is 8.33. The lowest BCUT2D eigenvalue weighted by Gasteiger charge is -2.31. The first-order chi connectivity index (χ1) is 15.1. The van der Waals surface area contributed by atoms with E-state index in [1.165, 1.54) is 23.9 Å². The van der Waals surface area contributed by atoms with Gasteiger partial charge < -0.3 is 21.1 Å². The second kappa shape index (κ2) is 10.3. The Kier molecular flexibility index (Phi) is 8.41. The van der Waals surface area contributed by atoms with E-state index in [9.17, 15) is 27.9 Å². The quantitative estimate of drug-likeness (QED) is 0.423. The van der Waals surface area contributed by atoms with Gasteiger partial charge in [0.05, 0.1) is 17.3 Å². The van der Waals surface area contributed by atoms with Gasteiger partial charge in [0.25, 0.3) is 0 Å². The monoisotopic (exact) mass is 500 g/mol. The minimum atomic E-state index is -3.98. The molecule has 0 bridgehead atoms. The van der Waals surface area contributed by atoms with Crippen molar-refractivity contribution in [2.45, 2.75) is 56.3 Å². The van der Waals surface area contributed by atoms with E-state index >= 15 is 0 Å². The largest absolute Gasteiger partial charge is 0.480 e. The van der Waals surface area contributed by atoms with Gasteiger partial charge in [0, 0.05) is 11.3 Å². The third-order valence-electron chi connectivity index (χ3n) is 4.97. The van der Waals surface area contributed by atoms with Crippen LogP contribution in [0, 0.1) is 5.41 Å². The first-order valence-electron chi connectivity index (χ1n) is 10.4. The van der Waals surface area contributed by atoms with Crippen molar-refractivity contribution in [1.29, 1.82) is 0 Å². The van der Waals surface area contributed by atoms with Gasteiger partial charge in [0.15, 0.2) is 0 Å². The normalized spacial score (nSPS) is 19.5. The van der Waals surface area contributed by atoms with Gasteiger partial charge in [-0.2, -0.15) is 4.31 Å². The molecule has 0 radical (unpaired) electrons. The fourth-order valence-electron chi connectivity index (χ4n) is 3.17. The van der Waals surface area contributed by atoms with Crippen LogP contribution in [0.2, 0.25) is 0 Å². The molecule has 0 aromatic heterocycles. The lowest BCUT2D eigenvalue weighted by molar-refractivity contribution is -0.142. The number of rotatable bonds is 8. The van der Waals surface area contributed by atoms with Crippen molar-refractivity contribution in [3.63, 3.8) is 0 Å². The average molecular weight is 501 g/mol. The molecule has 0 aliphatic carbocycles. The standard InChI is InChI=1S/C21H32N4O6S2/c1-20(2,3)12-23-19(29)22-11-15(18(27)28)24-17(26)16-21(4,5)32-13-25(16)33(30,31)14-9-7-6-8-10-14/h6-10,15-16H,11-13H2,1-5H3,(H,24,26)(H,27,28)(H2,22,23,29). The summed E-state index contributed by atoms with van der Waals surface area (Å²) in [6.45, 7) is 9.29. The van der Waals surface area contributed by atoms with Crippen molar-refractivity contribution in [2.24, 2.45) is 5.41 Å². The minimum absolute atomic E-state index is 0.0491. The fraction of sp³-hybridized carbons (Fsp3) is 0.571. The van der Waals surface area contributed by atoms with Crippen LogP contribution in [0.25, 0.3) is 0 Å². The number of carbonyl (C=O) groups excluding carboxylic acids is 2. The summed E-state index contributed by atoms with van der Waals surface area (Å²) < 4.78 is 26.6. The summed E-state index contributed by atoms with van der Waals surface area (Å²) >= 11 is 1.29. The number of thioether (sulfide) groups is 1. The maximum atomic E-state index is 13.2. The summed E-state index contributed by atoms with van der Waals surface area (Å²) in [4.78, 5) is 36.9. The van der Waals surface area contributed by atoms with E-state index in [1.807, 2.05) is 20.8 Å². The van der Waals surface area contributed by atoms with Gasteiger partial charge in [0.1, 0.15) is 12.1 Å². The molecule has 1 aliphatic heterocycles. The summed E-state index contributed by atoms with van der Waals surface area (Å²) in [5.41, 5.74) is -0.156. The summed E-state index contributed by atoms with van der Waals surface area (Å²) in [5.74, 6) is -2.04. The molecule has 0 spiro atoms. The predicted molar refractivity (Wildman–Crippen MR) is 126 cm³/mol. The predicted octanol–water partition coefficient (Wildman–Crippen LogP) is 1.44. The second-order valence-electron chi connectivity index (χ2n) is 9.51. The van der Waals surface area contributed by atoms with Crippen LogP contribution in [0.1, 0.15) is 34.6 Å². The zero-order chi connectivity index (χ0) is 25.0. The molecule has 1 aromatic carbocycles. The zero-order valence-electron chi connectivity index (χ0n) is 19.4. The van der Waals surface area contributed by atoms with E-state index in [2.05, 4.69) is 16.0 Å². The van der Waals surface area contributed by atoms with E-state index < -0.39 is 44.8 Å². The highest BCUT2D eigenvalue weighted by molar-refractivity contribution is 8.02. The Morgan fingerprint density at radius 2 is 1.79 bits per heavy atom. The van der Waals surface area contributed by atoms with E-state index in [1.54, 1.807) is 32.0 Å². The number of carboxylic acid groups (broad SMARTS) is 1. The molecule has 1 aromatic rings. The maximum Gasteiger partial charge on any atom is 0.328 e. The number of nitrogens with one attached hydrogen (secondary N) is 3. The second-order valence-corrected chi connectivity index (χ2v) is 13.0. The molecule has 2 atom stereocenters. The van der Waals surface area contributed by atoms with Gasteiger partial charge in [-0.15, -0.1) is 11.8 Å². The van der Waals surface area contributed by atoms with Gasteiger partial charge in [-0.3, -0.25) is 4.79 Å². The molecule has 33 heavy (non-hydrogen) atoms. The summed E-state index contributed by atoms with van der Waals surface area (Å²) in [7, 11) is -3.98. The summed E-state index contributed by atoms with van der Waals surface area (Å²) in [5, 5.41) is 17.0. The molecule has 12 heteroatoms. The number of amides is 3. The van der Waals surface area contributed by atoms with Crippen LogP contribution in [-0.4, -0.2) is 71.5 Å². The first kappa shape index (κ1) is 26.9. The van der Waals surface area contributed by atoms with Crippen LogP contribution >= 0.6 is 11.8 Å². The molecule has 1 heterocycles. The van der Waals surface area contributed by atoms with Gasteiger partial charge in [-0.05, 0) is 31.4 Å². The molecule has 184 valence electrons. The highest BCUT2D eigenvalue weighted by Crippen LogP contribution is 2.42. The number of nitrogens with zero attached hydrogens (tertiary/aromatic N) is 1. The number of carbonyl (C=O) groups is 3. The minimum Gasteiger partial charge on any atom is -0.480 e. The maximum absolute atomic E-state index is 13.2. The molecule has 10 nitrogen and oxygen atoms in total. The van der Waals surface area contributed by atoms with Gasteiger partial charge in [-0.25, -0.2) is 18.0 Å². The van der Waals surface area contributed by atoms with E-state index in [-0.39, 0.29) is 22.7 Å². The molecule has 1 fully saturated rings. The van der Waals surface area contributed by atoms with Crippen LogP contribution in [0.5, 0.6) is 0 Å². The molecule has 3 amide bonds. The Bertz CT molecular complexity index is 976. The number of hydrogen-bond donors (Lipinski definition) is 4. The number of hydrogen-bond acceptors (Lipinski definition) is 6. The molecular weight excluding hydrogens is 468 g/mol. The average Bonchev–Trinajstić information content (AvgIpc) is 3.05. The van der Waals surface area contributed by atoms with E-state index in [0.29, 0.717) is 6.54 Å². The highest BCUT2D eigenvalue weighted by atomic mass is 32.2. The highest BCUT2D eigenvalue weighted by Gasteiger charge is 2.51. The van der Waals surface area contributed by atoms with Gasteiger partial charge in [0.2, 0.25) is 15.9 Å². The molecular formula is C21H32N4O6S2. The van der Waals surface area contributed by atoms with Crippen LogP contribution < -0.4 is 16.0 Å². The molecule has 4 N–H and O–H groups in total. The Labute approximate surface area is 198 Å². The smallest absolute Gasteiger partial charge is 0.328 e. The number of aliphatic carboxylic acids is 1. The number of urea groups is 1. The summed E-state index contributed by atoms with van der Waals surface area (Å²) in [6, 6.07) is 4.63. The SMILES string of the molecule is CC(C)(C)CNC(=O)NCC(NC(=O)C1N(S(=O)(=O)c2ccccc2)CSC1(C)C)C(=O)O. The molecule has 1 saturated heterocycles. The van der Waals surface area contributed by atoms with Gasteiger partial charge in [-0.1, -0.05) is 39.0 Å². The van der Waals surface area contributed by atoms with Crippen LogP contribution in [0.4, 0.5) is 4.79 Å². The van der Waals surface area contributed by atoms with Crippen LogP contribution in [-0.2, 0) is 19.6 Å². The fourth-order valence-corrected chi connectivity index (χ4v) is 6.36. The van der Waals surface area contributed by atoms with E-state index in [0.717, 1.165) is 4.31 Å². The Balaban J connectivity index is 2.14. The number of benzene rings is 1. The Morgan fingerprint density at radius 3 is 2.33 bits per heavy atom. The first-order valence-corrected chi connectivity index (χ1v) is 12.8. The Morgan fingerprint density at radius 1 is 1.18 bits per heavy atom. The Hall–Kier alpha value is -2.31. The van der Waals surface area contributed by atoms with Crippen LogP contribution in [0.15, 0.2) is 35.2 Å². The van der Waals surface area contributed by atoms with Crippen molar-refractivity contribution in [2.75, 3.05) is 19.0 Å². The van der Waals surface area contributed by atoms with Crippen molar-refractivity contribution in [3.8, 4) is 0 Å². The van der Waals surface area contributed by atoms with Gasteiger partial charge >= 0.3 is 12.0 Å². The third kappa shape index (κ3) is 7.08. The van der Waals surface area contributed by atoms with Crippen molar-refractivity contribution >= 4 is 39.7 Å². The number of sulfonamides is 1. The van der Waals surface area contributed by atoms with Crippen molar-refractivity contribution in [1.82, 2.24) is 20.3 Å². The van der Waals surface area contributed by atoms with Crippen LogP contribution in [0.3, 0.4) is 0 Å². The summed E-state index contributed by atoms with van der Waals surface area (Å²) in [6.07, 6.45) is 0.